The van der Waals surface area contributed by atoms with Crippen molar-refractivity contribution >= 4 is 5.82 Å². The van der Waals surface area contributed by atoms with Crippen LogP contribution in [-0.2, 0) is 6.54 Å². The van der Waals surface area contributed by atoms with Crippen molar-refractivity contribution < 1.29 is 4.39 Å². The van der Waals surface area contributed by atoms with E-state index in [1.54, 1.807) is 12.1 Å². The number of halogens is 1. The fourth-order valence-corrected chi connectivity index (χ4v) is 1.31. The smallest absolute Gasteiger partial charge is 0.285 e. The summed E-state index contributed by atoms with van der Waals surface area (Å²) in [5.41, 5.74) is 0.528. The molecule has 0 saturated carbocycles. The van der Waals surface area contributed by atoms with Crippen LogP contribution in [0.4, 0.5) is 10.2 Å². The normalized spacial score (nSPS) is 10.2. The minimum absolute atomic E-state index is 0.276. The van der Waals surface area contributed by atoms with E-state index in [0.717, 1.165) is 10.4 Å². The number of aromatic nitrogens is 2. The Balaban J connectivity index is 2.04. The molecule has 6 heteroatoms. The molecule has 0 fully saturated rings. The number of rotatable bonds is 3. The standard InChI is InChI=1S/C11H11FN4O/c12-9-3-1-8(2-4-9)7-14-10-5-6-11(17)16(13)15-10/h1-6H,7,13H2,(H,14,15). The molecule has 0 aliphatic rings. The summed E-state index contributed by atoms with van der Waals surface area (Å²) in [5, 5.41) is 6.78. The first-order valence-electron chi connectivity index (χ1n) is 4.99. The van der Waals surface area contributed by atoms with E-state index in [0.29, 0.717) is 12.4 Å². The van der Waals surface area contributed by atoms with Gasteiger partial charge >= 0.3 is 0 Å². The maximum Gasteiger partial charge on any atom is 0.285 e. The highest BCUT2D eigenvalue weighted by Crippen LogP contribution is 2.05. The number of nitrogens with two attached hydrogens (primary N) is 1. The first kappa shape index (κ1) is 11.1. The molecule has 17 heavy (non-hydrogen) atoms. The average molecular weight is 234 g/mol. The minimum atomic E-state index is -0.377. The second-order valence-electron chi connectivity index (χ2n) is 3.48. The number of nitrogens with zero attached hydrogens (tertiary/aromatic N) is 2. The highest BCUT2D eigenvalue weighted by molar-refractivity contribution is 5.33. The van der Waals surface area contributed by atoms with E-state index in [-0.39, 0.29) is 11.4 Å². The van der Waals surface area contributed by atoms with Crippen molar-refractivity contribution in [3.63, 3.8) is 0 Å². The molecule has 0 aliphatic carbocycles. The number of hydrogen-bond donors (Lipinski definition) is 2. The number of hydrogen-bond acceptors (Lipinski definition) is 4. The molecule has 3 N–H and O–H groups in total. The van der Waals surface area contributed by atoms with Gasteiger partial charge < -0.3 is 11.2 Å². The van der Waals surface area contributed by atoms with Gasteiger partial charge in [0, 0.05) is 12.6 Å². The molecule has 1 aromatic heterocycles. The van der Waals surface area contributed by atoms with Crippen LogP contribution in [0.1, 0.15) is 5.56 Å². The molecular formula is C11H11FN4O. The molecule has 0 bridgehead atoms. The molecule has 0 unspecified atom stereocenters. The van der Waals surface area contributed by atoms with Crippen molar-refractivity contribution in [2.45, 2.75) is 6.54 Å². The number of benzene rings is 1. The lowest BCUT2D eigenvalue weighted by Crippen LogP contribution is -2.29. The Bertz CT molecular complexity index is 564. The molecule has 0 spiro atoms. The van der Waals surface area contributed by atoms with Crippen LogP contribution in [0, 0.1) is 5.82 Å². The first-order valence-corrected chi connectivity index (χ1v) is 4.99. The fraction of sp³-hybridized carbons (Fsp3) is 0.0909. The topological polar surface area (TPSA) is 72.9 Å². The Morgan fingerprint density at radius 1 is 1.24 bits per heavy atom. The van der Waals surface area contributed by atoms with Crippen molar-refractivity contribution in [2.24, 2.45) is 0 Å². The molecule has 5 nitrogen and oxygen atoms in total. The van der Waals surface area contributed by atoms with Crippen molar-refractivity contribution in [3.8, 4) is 0 Å². The second kappa shape index (κ2) is 4.65. The van der Waals surface area contributed by atoms with Crippen LogP contribution in [0.15, 0.2) is 41.2 Å². The molecule has 1 aromatic carbocycles. The van der Waals surface area contributed by atoms with Crippen molar-refractivity contribution in [1.29, 1.82) is 0 Å². The van der Waals surface area contributed by atoms with Gasteiger partial charge in [-0.2, -0.15) is 0 Å². The summed E-state index contributed by atoms with van der Waals surface area (Å²) < 4.78 is 12.7. The fourth-order valence-electron chi connectivity index (χ4n) is 1.31. The SMILES string of the molecule is Nn1nc(NCc2ccc(F)cc2)ccc1=O. The monoisotopic (exact) mass is 234 g/mol. The highest BCUT2D eigenvalue weighted by Gasteiger charge is 1.98. The third-order valence-corrected chi connectivity index (χ3v) is 2.21. The van der Waals surface area contributed by atoms with Gasteiger partial charge in [-0.25, -0.2) is 4.39 Å². The van der Waals surface area contributed by atoms with E-state index in [9.17, 15) is 9.18 Å². The summed E-state index contributed by atoms with van der Waals surface area (Å²) in [6, 6.07) is 8.96. The molecule has 1 heterocycles. The molecular weight excluding hydrogens is 223 g/mol. The van der Waals surface area contributed by atoms with Gasteiger partial charge in [0.25, 0.3) is 5.56 Å². The van der Waals surface area contributed by atoms with Crippen LogP contribution in [0.5, 0.6) is 0 Å². The molecule has 2 rings (SSSR count). The molecule has 0 atom stereocenters. The summed E-state index contributed by atoms with van der Waals surface area (Å²) in [5.74, 6) is 5.52. The van der Waals surface area contributed by atoms with Gasteiger partial charge in [-0.05, 0) is 23.8 Å². The number of nitrogen functional groups attached to an aromatic ring is 1. The maximum atomic E-state index is 12.7. The number of anilines is 1. The zero-order chi connectivity index (χ0) is 12.3. The Kier molecular flexibility index (Phi) is 3.04. The van der Waals surface area contributed by atoms with Gasteiger partial charge in [-0.3, -0.25) is 4.79 Å². The molecule has 0 radical (unpaired) electrons. The van der Waals surface area contributed by atoms with Crippen LogP contribution in [-0.4, -0.2) is 9.89 Å². The van der Waals surface area contributed by atoms with Gasteiger partial charge in [-0.1, -0.05) is 12.1 Å². The predicted molar refractivity (Wildman–Crippen MR) is 62.4 cm³/mol. The van der Waals surface area contributed by atoms with Gasteiger partial charge in [0.2, 0.25) is 0 Å². The van der Waals surface area contributed by atoms with Gasteiger partial charge in [0.05, 0.1) is 0 Å². The Morgan fingerprint density at radius 2 is 1.94 bits per heavy atom. The lowest BCUT2D eigenvalue weighted by atomic mass is 10.2. The van der Waals surface area contributed by atoms with Crippen molar-refractivity contribution in [3.05, 3.63) is 58.1 Å². The Labute approximate surface area is 96.7 Å². The summed E-state index contributed by atoms with van der Waals surface area (Å²) in [6.45, 7) is 0.478. The molecule has 88 valence electrons. The third kappa shape index (κ3) is 2.81. The van der Waals surface area contributed by atoms with E-state index in [1.807, 2.05) is 0 Å². The van der Waals surface area contributed by atoms with E-state index in [4.69, 9.17) is 5.84 Å². The summed E-state index contributed by atoms with van der Waals surface area (Å²) in [7, 11) is 0. The number of nitrogens with one attached hydrogen (secondary N) is 1. The van der Waals surface area contributed by atoms with Crippen molar-refractivity contribution in [1.82, 2.24) is 9.89 Å². The van der Waals surface area contributed by atoms with Gasteiger partial charge in [-0.15, -0.1) is 9.89 Å². The summed E-state index contributed by atoms with van der Waals surface area (Å²) in [6.07, 6.45) is 0. The molecule has 0 saturated heterocycles. The predicted octanol–water partition coefficient (Wildman–Crippen LogP) is 0.708. The Morgan fingerprint density at radius 3 is 2.59 bits per heavy atom. The lowest BCUT2D eigenvalue weighted by Gasteiger charge is -2.06. The zero-order valence-electron chi connectivity index (χ0n) is 8.93. The van der Waals surface area contributed by atoms with Gasteiger partial charge in [0.1, 0.15) is 11.6 Å². The lowest BCUT2D eigenvalue weighted by molar-refractivity contribution is 0.627. The van der Waals surface area contributed by atoms with Crippen LogP contribution >= 0.6 is 0 Å². The van der Waals surface area contributed by atoms with E-state index >= 15 is 0 Å². The zero-order valence-corrected chi connectivity index (χ0v) is 8.93. The summed E-state index contributed by atoms with van der Waals surface area (Å²) >= 11 is 0. The second-order valence-corrected chi connectivity index (χ2v) is 3.48. The van der Waals surface area contributed by atoms with Crippen molar-refractivity contribution in [2.75, 3.05) is 11.2 Å². The van der Waals surface area contributed by atoms with Crippen LogP contribution < -0.4 is 16.7 Å². The molecule has 0 aliphatic heterocycles. The largest absolute Gasteiger partial charge is 0.365 e. The molecule has 0 amide bonds. The average Bonchev–Trinajstić information content (AvgIpc) is 2.33. The van der Waals surface area contributed by atoms with Gasteiger partial charge in [0.15, 0.2) is 0 Å². The highest BCUT2D eigenvalue weighted by atomic mass is 19.1. The summed E-state index contributed by atoms with van der Waals surface area (Å²) in [4.78, 5) is 11.7. The van der Waals surface area contributed by atoms with E-state index in [1.165, 1.54) is 24.3 Å². The van der Waals surface area contributed by atoms with Crippen LogP contribution in [0.2, 0.25) is 0 Å². The van der Waals surface area contributed by atoms with Crippen LogP contribution in [0.3, 0.4) is 0 Å². The molecule has 2 aromatic rings. The quantitative estimate of drug-likeness (QED) is 0.767. The minimum Gasteiger partial charge on any atom is -0.365 e. The third-order valence-electron chi connectivity index (χ3n) is 2.21. The van der Waals surface area contributed by atoms with E-state index in [2.05, 4.69) is 10.4 Å². The Hall–Kier alpha value is -2.37. The van der Waals surface area contributed by atoms with E-state index < -0.39 is 0 Å². The maximum absolute atomic E-state index is 12.7. The van der Waals surface area contributed by atoms with Crippen LogP contribution in [0.25, 0.3) is 0 Å². The first-order chi connectivity index (χ1) is 8.15.